The van der Waals surface area contributed by atoms with Crippen molar-refractivity contribution in [2.45, 2.75) is 37.9 Å². The van der Waals surface area contributed by atoms with E-state index in [-0.39, 0.29) is 11.5 Å². The summed E-state index contributed by atoms with van der Waals surface area (Å²) < 4.78 is 8.63. The van der Waals surface area contributed by atoms with Crippen molar-refractivity contribution in [1.29, 1.82) is 0 Å². The van der Waals surface area contributed by atoms with Gasteiger partial charge in [-0.25, -0.2) is 8.97 Å². The number of fused-ring (bicyclic) bond motifs is 5. The highest BCUT2D eigenvalue weighted by Crippen LogP contribution is 2.35. The fraction of sp³-hybridized carbons (Fsp3) is 0.391. The first kappa shape index (κ1) is 23.3. The first-order valence-electron chi connectivity index (χ1n) is 11.1. The Morgan fingerprint density at radius 2 is 2.06 bits per heavy atom. The van der Waals surface area contributed by atoms with Gasteiger partial charge < -0.3 is 9.64 Å². The van der Waals surface area contributed by atoms with E-state index >= 15 is 0 Å². The fourth-order valence-corrected chi connectivity index (χ4v) is 6.69. The van der Waals surface area contributed by atoms with Gasteiger partial charge in [-0.05, 0) is 56.6 Å². The SMILES string of the molecule is CCOC(=O)CCCSc1nnc2n(-c3ccc(Cl)cc3)c(=O)c3c4c(sc3n12)CN(C)CC4. The zero-order valence-corrected chi connectivity index (χ0v) is 21.3. The number of hydrogen-bond donors (Lipinski definition) is 0. The summed E-state index contributed by atoms with van der Waals surface area (Å²) in [6.07, 6.45) is 1.86. The largest absolute Gasteiger partial charge is 0.466 e. The van der Waals surface area contributed by atoms with E-state index in [4.69, 9.17) is 16.3 Å². The molecule has 5 rings (SSSR count). The number of benzene rings is 1. The van der Waals surface area contributed by atoms with E-state index in [1.807, 2.05) is 16.5 Å². The summed E-state index contributed by atoms with van der Waals surface area (Å²) in [5.74, 6) is 0.970. The number of rotatable bonds is 7. The minimum atomic E-state index is -0.191. The van der Waals surface area contributed by atoms with Crippen LogP contribution in [0, 0.1) is 0 Å². The average molecular weight is 518 g/mol. The molecule has 1 aromatic carbocycles. The highest BCUT2D eigenvalue weighted by Gasteiger charge is 2.26. The van der Waals surface area contributed by atoms with Gasteiger partial charge in [0, 0.05) is 35.2 Å². The number of nitrogens with zero attached hydrogens (tertiary/aromatic N) is 5. The van der Waals surface area contributed by atoms with Gasteiger partial charge in [0.2, 0.25) is 5.78 Å². The van der Waals surface area contributed by atoms with Crippen LogP contribution < -0.4 is 5.56 Å². The van der Waals surface area contributed by atoms with Gasteiger partial charge in [-0.2, -0.15) is 0 Å². The molecular formula is C23H24ClN5O3S2. The third-order valence-electron chi connectivity index (χ3n) is 5.81. The molecule has 4 heterocycles. The van der Waals surface area contributed by atoms with Crippen molar-refractivity contribution in [2.24, 2.45) is 0 Å². The average Bonchev–Trinajstić information content (AvgIpc) is 3.39. The van der Waals surface area contributed by atoms with E-state index < -0.39 is 0 Å². The predicted octanol–water partition coefficient (Wildman–Crippen LogP) is 4.17. The third kappa shape index (κ3) is 4.24. The molecule has 1 aliphatic heterocycles. The highest BCUT2D eigenvalue weighted by molar-refractivity contribution is 7.99. The van der Waals surface area contributed by atoms with Crippen molar-refractivity contribution >= 4 is 56.7 Å². The lowest BCUT2D eigenvalue weighted by atomic mass is 10.1. The van der Waals surface area contributed by atoms with Gasteiger partial charge in [-0.1, -0.05) is 23.4 Å². The molecule has 0 unspecified atom stereocenters. The van der Waals surface area contributed by atoms with Gasteiger partial charge in [-0.3, -0.25) is 9.59 Å². The Morgan fingerprint density at radius 1 is 1.26 bits per heavy atom. The molecule has 0 bridgehead atoms. The zero-order valence-electron chi connectivity index (χ0n) is 18.9. The Balaban J connectivity index is 1.63. The van der Waals surface area contributed by atoms with Gasteiger partial charge in [-0.15, -0.1) is 21.5 Å². The first-order chi connectivity index (χ1) is 16.5. The van der Waals surface area contributed by atoms with Crippen molar-refractivity contribution < 1.29 is 9.53 Å². The number of aromatic nitrogens is 4. The first-order valence-corrected chi connectivity index (χ1v) is 13.3. The predicted molar refractivity (Wildman–Crippen MR) is 136 cm³/mol. The maximum Gasteiger partial charge on any atom is 0.305 e. The number of likely N-dealkylation sites (N-methyl/N-ethyl adjacent to an activating group) is 1. The van der Waals surface area contributed by atoms with Crippen LogP contribution in [0.5, 0.6) is 0 Å². The molecule has 3 aromatic heterocycles. The van der Waals surface area contributed by atoms with Crippen LogP contribution in [0.2, 0.25) is 5.02 Å². The summed E-state index contributed by atoms with van der Waals surface area (Å²) in [5, 5.41) is 10.9. The summed E-state index contributed by atoms with van der Waals surface area (Å²) in [6.45, 7) is 3.92. The third-order valence-corrected chi connectivity index (χ3v) is 8.28. The number of esters is 1. The number of hydrogen-bond acceptors (Lipinski definition) is 8. The Bertz CT molecular complexity index is 1430. The Kier molecular flexibility index (Phi) is 6.65. The molecule has 0 amide bonds. The lowest BCUT2D eigenvalue weighted by molar-refractivity contribution is -0.143. The van der Waals surface area contributed by atoms with Gasteiger partial charge >= 0.3 is 5.97 Å². The molecule has 0 saturated heterocycles. The number of ether oxygens (including phenoxy) is 1. The second kappa shape index (κ2) is 9.69. The van der Waals surface area contributed by atoms with E-state index in [0.29, 0.717) is 46.8 Å². The molecule has 0 radical (unpaired) electrons. The number of halogens is 1. The van der Waals surface area contributed by atoms with Crippen LogP contribution >= 0.6 is 34.7 Å². The van der Waals surface area contributed by atoms with Crippen molar-refractivity contribution in [3.63, 3.8) is 0 Å². The lowest BCUT2D eigenvalue weighted by Gasteiger charge is -2.21. The Morgan fingerprint density at radius 3 is 2.82 bits per heavy atom. The maximum atomic E-state index is 13.8. The molecule has 34 heavy (non-hydrogen) atoms. The molecule has 178 valence electrons. The molecular weight excluding hydrogens is 494 g/mol. The second-order valence-electron chi connectivity index (χ2n) is 8.16. The van der Waals surface area contributed by atoms with Gasteiger partial charge in [0.05, 0.1) is 17.7 Å². The molecule has 4 aromatic rings. The summed E-state index contributed by atoms with van der Waals surface area (Å²) in [7, 11) is 2.10. The van der Waals surface area contributed by atoms with Gasteiger partial charge in [0.15, 0.2) is 5.16 Å². The highest BCUT2D eigenvalue weighted by atomic mass is 35.5. The molecule has 0 fully saturated rings. The smallest absolute Gasteiger partial charge is 0.305 e. The zero-order chi connectivity index (χ0) is 23.8. The normalized spacial score (nSPS) is 14.1. The van der Waals surface area contributed by atoms with E-state index in [1.54, 1.807) is 35.0 Å². The van der Waals surface area contributed by atoms with E-state index in [2.05, 4.69) is 22.1 Å². The molecule has 0 saturated carbocycles. The summed E-state index contributed by atoms with van der Waals surface area (Å²) in [5.41, 5.74) is 1.73. The molecule has 8 nitrogen and oxygen atoms in total. The van der Waals surface area contributed by atoms with Crippen LogP contribution in [0.25, 0.3) is 21.7 Å². The van der Waals surface area contributed by atoms with Crippen molar-refractivity contribution in [3.8, 4) is 5.69 Å². The number of thioether (sulfide) groups is 1. The lowest BCUT2D eigenvalue weighted by Crippen LogP contribution is -2.27. The van der Waals surface area contributed by atoms with Gasteiger partial charge in [0.1, 0.15) is 4.83 Å². The quantitative estimate of drug-likeness (QED) is 0.207. The number of thiophene rings is 1. The van der Waals surface area contributed by atoms with Crippen LogP contribution in [-0.2, 0) is 22.5 Å². The van der Waals surface area contributed by atoms with E-state index in [1.165, 1.54) is 16.6 Å². The molecule has 0 spiro atoms. The maximum absolute atomic E-state index is 13.8. The van der Waals surface area contributed by atoms with Crippen molar-refractivity contribution in [1.82, 2.24) is 24.1 Å². The molecule has 11 heteroatoms. The summed E-state index contributed by atoms with van der Waals surface area (Å²) >= 11 is 9.27. The second-order valence-corrected chi connectivity index (χ2v) is 10.7. The van der Waals surface area contributed by atoms with E-state index in [9.17, 15) is 9.59 Å². The Hall–Kier alpha value is -2.40. The molecule has 1 aliphatic rings. The van der Waals surface area contributed by atoms with E-state index in [0.717, 1.165) is 35.3 Å². The van der Waals surface area contributed by atoms with Crippen LogP contribution in [0.3, 0.4) is 0 Å². The van der Waals surface area contributed by atoms with Crippen LogP contribution in [-0.4, -0.2) is 56.0 Å². The minimum Gasteiger partial charge on any atom is -0.466 e. The molecule has 0 aliphatic carbocycles. The summed E-state index contributed by atoms with van der Waals surface area (Å²) in [4.78, 5) is 29.9. The van der Waals surface area contributed by atoms with Crippen LogP contribution in [0.15, 0.2) is 34.2 Å². The standard InChI is InChI=1S/C23H24ClN5O3S2/c1-3-32-18(30)5-4-12-33-23-26-25-22-28(15-8-6-14(24)7-9-15)20(31)19-16-10-11-27(2)13-17(16)34-21(19)29(22)23/h6-9H,3-5,10-13H2,1-2H3. The van der Waals surface area contributed by atoms with Crippen LogP contribution in [0.4, 0.5) is 0 Å². The van der Waals surface area contributed by atoms with Crippen molar-refractivity contribution in [3.05, 3.63) is 50.1 Å². The molecule has 0 N–H and O–H groups in total. The molecule has 0 atom stereocenters. The summed E-state index contributed by atoms with van der Waals surface area (Å²) in [6, 6.07) is 7.18. The van der Waals surface area contributed by atoms with Crippen LogP contribution in [0.1, 0.15) is 30.2 Å². The Labute approximate surface area is 209 Å². The monoisotopic (exact) mass is 517 g/mol. The fourth-order valence-electron chi connectivity index (χ4n) is 4.21. The number of carbonyl (C=O) groups is 1. The topological polar surface area (TPSA) is 81.7 Å². The van der Waals surface area contributed by atoms with Crippen molar-refractivity contribution in [2.75, 3.05) is 26.0 Å². The van der Waals surface area contributed by atoms with Gasteiger partial charge in [0.25, 0.3) is 5.56 Å². The minimum absolute atomic E-state index is 0.0851. The number of carbonyl (C=O) groups excluding carboxylic acids is 1.